The lowest BCUT2D eigenvalue weighted by Crippen LogP contribution is -2.10. The molecule has 368 valence electrons. The van der Waals surface area contributed by atoms with Crippen LogP contribution in [0.1, 0.15) is 2.74 Å². The smallest absolute Gasteiger partial charge is 0.129 e. The molecule has 0 radical (unpaired) electrons. The number of hydrogen-bond acceptors (Lipinski definition) is 5. The van der Waals surface area contributed by atoms with E-state index in [1.807, 2.05) is 91.0 Å². The molecular formula is C72H54N4O. The van der Waals surface area contributed by atoms with Crippen LogP contribution in [0.4, 0.5) is 68.2 Å². The van der Waals surface area contributed by atoms with Gasteiger partial charge in [0.25, 0.3) is 0 Å². The molecule has 0 fully saturated rings. The number of ether oxygens (including phenoxy) is 1. The number of benzene rings is 12. The van der Waals surface area contributed by atoms with Crippen LogP contribution >= 0.6 is 0 Å². The van der Waals surface area contributed by atoms with Crippen LogP contribution in [0.15, 0.2) is 328 Å². The van der Waals surface area contributed by atoms with E-state index in [1.165, 1.54) is 0 Å². The van der Waals surface area contributed by atoms with Gasteiger partial charge in [-0.25, -0.2) is 0 Å². The van der Waals surface area contributed by atoms with Crippen LogP contribution in [0.3, 0.4) is 0 Å². The van der Waals surface area contributed by atoms with Gasteiger partial charge in [-0.1, -0.05) is 164 Å². The molecule has 0 atom stereocenters. The Morgan fingerprint density at radius 3 is 0.753 bits per heavy atom. The molecule has 0 heterocycles. The number of anilines is 12. The van der Waals surface area contributed by atoms with E-state index < -0.39 is 0 Å². The molecular weight excluding hydrogens is 937 g/mol. The highest BCUT2D eigenvalue weighted by Crippen LogP contribution is 2.42. The molecule has 5 nitrogen and oxygen atoms in total. The molecule has 0 aliphatic rings. The van der Waals surface area contributed by atoms with Crippen molar-refractivity contribution in [2.45, 2.75) is 0 Å². The van der Waals surface area contributed by atoms with Gasteiger partial charge in [-0.05, 0) is 180 Å². The van der Waals surface area contributed by atoms with Gasteiger partial charge < -0.3 is 24.3 Å². The molecule has 5 heteroatoms. The molecule has 0 aromatic heterocycles. The highest BCUT2D eigenvalue weighted by Gasteiger charge is 2.18. The summed E-state index contributed by atoms with van der Waals surface area (Å²) in [6.07, 6.45) is 0. The predicted molar refractivity (Wildman–Crippen MR) is 323 cm³/mol. The van der Waals surface area contributed by atoms with Gasteiger partial charge in [-0.2, -0.15) is 0 Å². The Labute approximate surface area is 454 Å². The molecule has 0 amide bonds. The summed E-state index contributed by atoms with van der Waals surface area (Å²) in [5.41, 5.74) is 16.4. The lowest BCUT2D eigenvalue weighted by atomic mass is 10.0. The molecule has 0 spiro atoms. The van der Waals surface area contributed by atoms with Crippen molar-refractivity contribution < 1.29 is 7.48 Å². The summed E-state index contributed by atoms with van der Waals surface area (Å²) in [7, 11) is 0. The van der Waals surface area contributed by atoms with Crippen LogP contribution in [0.5, 0.6) is 11.5 Å². The first kappa shape index (κ1) is 45.3. The zero-order chi connectivity index (χ0) is 53.3. The standard InChI is InChI=1S/C72H54N4O/c1-7-20-59(21-8-1)73(60-22-9-2-10-23-60)65-42-34-55(35-43-65)57-38-46-67(47-39-57)75(63-28-15-5-16-29-63)69-50-52-71(53-51-69)77-72-33-19-32-70(54-72)76(64-30-17-6-18-31-64)68-48-40-58(41-49-68)56-36-44-66(45-37-56)74(61-24-11-3-12-25-61)62-26-13-4-14-27-62/h1-54H/i15T,17T. The maximum atomic E-state index is 8.56. The summed E-state index contributed by atoms with van der Waals surface area (Å²) < 4.78 is 23.7. The predicted octanol–water partition coefficient (Wildman–Crippen LogP) is 20.7. The number of nitrogens with zero attached hydrogens (tertiary/aromatic N) is 4. The van der Waals surface area contributed by atoms with Crippen LogP contribution in [-0.2, 0) is 0 Å². The minimum Gasteiger partial charge on any atom is -0.457 e. The summed E-state index contributed by atoms with van der Waals surface area (Å²) >= 11 is 0. The average molecular weight is 995 g/mol. The third kappa shape index (κ3) is 10.7. The van der Waals surface area contributed by atoms with Crippen molar-refractivity contribution in [3.05, 3.63) is 328 Å². The van der Waals surface area contributed by atoms with Crippen molar-refractivity contribution >= 4 is 68.2 Å². The molecule has 77 heavy (non-hydrogen) atoms. The van der Waals surface area contributed by atoms with E-state index in [0.717, 1.165) is 90.5 Å². The molecule has 12 aromatic rings. The van der Waals surface area contributed by atoms with Crippen LogP contribution in [-0.4, -0.2) is 0 Å². The Morgan fingerprint density at radius 2 is 0.442 bits per heavy atom. The van der Waals surface area contributed by atoms with E-state index in [0.29, 0.717) is 23.6 Å². The second kappa shape index (κ2) is 22.4. The monoisotopic (exact) mass is 994 g/mol. The van der Waals surface area contributed by atoms with Crippen molar-refractivity contribution in [3.8, 4) is 33.8 Å². The van der Waals surface area contributed by atoms with Crippen LogP contribution in [0.2, 0.25) is 0 Å². The van der Waals surface area contributed by atoms with Gasteiger partial charge in [0.2, 0.25) is 0 Å². The van der Waals surface area contributed by atoms with Crippen molar-refractivity contribution in [2.24, 2.45) is 0 Å². The Hall–Kier alpha value is -10.4. The fraction of sp³-hybridized carbons (Fsp3) is 0. The van der Waals surface area contributed by atoms with Crippen LogP contribution in [0.25, 0.3) is 22.3 Å². The first-order chi connectivity index (χ1) is 39.0. The summed E-state index contributed by atoms with van der Waals surface area (Å²) in [6.45, 7) is 0. The Balaban J connectivity index is 0.782. The fourth-order valence-electron chi connectivity index (χ4n) is 9.84. The molecule has 0 bridgehead atoms. The number of para-hydroxylation sites is 6. The minimum atomic E-state index is 0.423. The number of hydrogen-bond donors (Lipinski definition) is 0. The minimum absolute atomic E-state index is 0.423. The average Bonchev–Trinajstić information content (AvgIpc) is 3.54. The summed E-state index contributed by atoms with van der Waals surface area (Å²) in [5, 5.41) is 0. The largest absolute Gasteiger partial charge is 0.457 e. The Bertz CT molecular complexity index is 3840. The van der Waals surface area contributed by atoms with Gasteiger partial charge in [-0.15, -0.1) is 0 Å². The van der Waals surface area contributed by atoms with Gasteiger partial charge in [-0.3, -0.25) is 0 Å². The molecule has 0 unspecified atom stereocenters. The van der Waals surface area contributed by atoms with E-state index >= 15 is 0 Å². The van der Waals surface area contributed by atoms with E-state index in [1.54, 1.807) is 12.1 Å². The lowest BCUT2D eigenvalue weighted by molar-refractivity contribution is 0.483. The maximum Gasteiger partial charge on any atom is 0.129 e. The Kier molecular flexibility index (Phi) is 13.2. The van der Waals surface area contributed by atoms with E-state index in [9.17, 15) is 0 Å². The molecule has 0 N–H and O–H groups in total. The van der Waals surface area contributed by atoms with E-state index in [2.05, 4.69) is 232 Å². The van der Waals surface area contributed by atoms with Gasteiger partial charge in [0, 0.05) is 74.3 Å². The third-order valence-corrected chi connectivity index (χ3v) is 13.5. The van der Waals surface area contributed by atoms with Crippen molar-refractivity contribution in [3.63, 3.8) is 0 Å². The fourth-order valence-corrected chi connectivity index (χ4v) is 9.84. The van der Waals surface area contributed by atoms with Crippen molar-refractivity contribution in [1.82, 2.24) is 0 Å². The van der Waals surface area contributed by atoms with Crippen LogP contribution in [0, 0.1) is 0 Å². The first-order valence-corrected chi connectivity index (χ1v) is 25.8. The first-order valence-electron chi connectivity index (χ1n) is 26.8. The molecule has 0 saturated carbocycles. The topological polar surface area (TPSA) is 22.2 Å². The molecule has 12 rings (SSSR count). The number of rotatable bonds is 16. The summed E-state index contributed by atoms with van der Waals surface area (Å²) in [6, 6.07) is 109. The summed E-state index contributed by atoms with van der Waals surface area (Å²) in [5.74, 6) is 1.35. The van der Waals surface area contributed by atoms with Crippen LogP contribution < -0.4 is 24.3 Å². The SMILES string of the molecule is [3H]c1cccc(N(c2ccc(Oc3cccc(N(c4ccc(-c5ccc(N(c6ccccc6)c6ccccc6)cc5)cc4)c4cccc([3H])c4)c3)cc2)c2ccc(-c3ccc(N(c4ccccc4)c4ccccc4)cc3)cc2)c1. The third-order valence-electron chi connectivity index (χ3n) is 13.5. The van der Waals surface area contributed by atoms with Gasteiger partial charge in [0.1, 0.15) is 11.5 Å². The van der Waals surface area contributed by atoms with E-state index in [-0.39, 0.29) is 0 Å². The zero-order valence-corrected chi connectivity index (χ0v) is 42.2. The summed E-state index contributed by atoms with van der Waals surface area (Å²) in [4.78, 5) is 8.85. The molecule has 0 aliphatic carbocycles. The van der Waals surface area contributed by atoms with Gasteiger partial charge in [0.15, 0.2) is 0 Å². The highest BCUT2D eigenvalue weighted by molar-refractivity contribution is 5.83. The normalized spacial score (nSPS) is 11.2. The zero-order valence-electron chi connectivity index (χ0n) is 44.2. The quantitative estimate of drug-likeness (QED) is 0.0959. The maximum absolute atomic E-state index is 8.56. The second-order valence-corrected chi connectivity index (χ2v) is 18.5. The Morgan fingerprint density at radius 1 is 0.195 bits per heavy atom. The van der Waals surface area contributed by atoms with Crippen molar-refractivity contribution in [2.75, 3.05) is 19.6 Å². The van der Waals surface area contributed by atoms with Crippen molar-refractivity contribution in [1.29, 1.82) is 0 Å². The molecule has 12 aromatic carbocycles. The second-order valence-electron chi connectivity index (χ2n) is 18.5. The lowest BCUT2D eigenvalue weighted by Gasteiger charge is -2.26. The molecule has 0 saturated heterocycles. The molecule has 0 aliphatic heterocycles. The highest BCUT2D eigenvalue weighted by atomic mass is 16.5. The van der Waals surface area contributed by atoms with Gasteiger partial charge >= 0.3 is 0 Å². The van der Waals surface area contributed by atoms with E-state index in [4.69, 9.17) is 7.48 Å². The van der Waals surface area contributed by atoms with Gasteiger partial charge in [0.05, 0.1) is 2.74 Å².